The van der Waals surface area contributed by atoms with Crippen LogP contribution in [0.1, 0.15) is 11.1 Å². The predicted molar refractivity (Wildman–Crippen MR) is 87.6 cm³/mol. The molecule has 2 aromatic carbocycles. The molecular weight excluding hydrogens is 331 g/mol. The van der Waals surface area contributed by atoms with Gasteiger partial charge in [-0.2, -0.15) is 0 Å². The average molecular weight is 345 g/mol. The summed E-state index contributed by atoms with van der Waals surface area (Å²) in [5.41, 5.74) is 7.69. The van der Waals surface area contributed by atoms with Crippen molar-refractivity contribution in [3.8, 4) is 0 Å². The zero-order valence-electron chi connectivity index (χ0n) is 11.4. The Balaban J connectivity index is 2.48. The molecule has 0 atom stereocenters. The fourth-order valence-corrected chi connectivity index (χ4v) is 3.87. The Morgan fingerprint density at radius 1 is 1.05 bits per heavy atom. The molecule has 0 radical (unpaired) electrons. The van der Waals surface area contributed by atoms with Crippen molar-refractivity contribution in [2.75, 3.05) is 10.5 Å². The summed E-state index contributed by atoms with van der Waals surface area (Å²) in [5, 5.41) is 0.633. The highest BCUT2D eigenvalue weighted by Crippen LogP contribution is 2.29. The second kappa shape index (κ2) is 5.75. The molecule has 2 aromatic rings. The molecule has 0 aliphatic heterocycles. The first-order valence-electron chi connectivity index (χ1n) is 6.06. The molecule has 0 bridgehead atoms. The number of anilines is 2. The lowest BCUT2D eigenvalue weighted by Gasteiger charge is -2.14. The summed E-state index contributed by atoms with van der Waals surface area (Å²) in [5.74, 6) is 0. The van der Waals surface area contributed by atoms with Gasteiger partial charge in [-0.15, -0.1) is 0 Å². The van der Waals surface area contributed by atoms with Crippen LogP contribution in [0.5, 0.6) is 0 Å². The smallest absolute Gasteiger partial charge is 0.262 e. The Kier molecular flexibility index (Phi) is 4.37. The highest BCUT2D eigenvalue weighted by atomic mass is 35.5. The third kappa shape index (κ3) is 3.26. The van der Waals surface area contributed by atoms with Crippen molar-refractivity contribution in [3.63, 3.8) is 0 Å². The fourth-order valence-electron chi connectivity index (χ4n) is 2.02. The van der Waals surface area contributed by atoms with Crippen LogP contribution in [0.4, 0.5) is 11.4 Å². The highest BCUT2D eigenvalue weighted by molar-refractivity contribution is 7.92. The molecule has 0 unspecified atom stereocenters. The van der Waals surface area contributed by atoms with E-state index in [1.54, 1.807) is 32.0 Å². The van der Waals surface area contributed by atoms with Crippen LogP contribution in [0.15, 0.2) is 35.2 Å². The maximum Gasteiger partial charge on any atom is 0.262 e. The van der Waals surface area contributed by atoms with Crippen molar-refractivity contribution in [1.29, 1.82) is 0 Å². The number of hydrogen-bond donors (Lipinski definition) is 2. The maximum atomic E-state index is 12.5. The van der Waals surface area contributed by atoms with E-state index in [1.807, 2.05) is 0 Å². The average Bonchev–Trinajstić information content (AvgIpc) is 2.38. The first kappa shape index (κ1) is 15.9. The number of benzene rings is 2. The van der Waals surface area contributed by atoms with Crippen molar-refractivity contribution >= 4 is 44.6 Å². The van der Waals surface area contributed by atoms with Gasteiger partial charge in [0.2, 0.25) is 0 Å². The zero-order valence-corrected chi connectivity index (χ0v) is 13.8. The number of halogens is 2. The van der Waals surface area contributed by atoms with Gasteiger partial charge in [0.15, 0.2) is 0 Å². The molecular formula is C14H14Cl2N2O2S. The molecule has 7 heteroatoms. The molecule has 21 heavy (non-hydrogen) atoms. The molecule has 0 aliphatic rings. The molecule has 0 amide bonds. The third-order valence-electron chi connectivity index (χ3n) is 3.09. The number of nitrogens with two attached hydrogens (primary N) is 1. The zero-order chi connectivity index (χ0) is 15.8. The molecule has 0 saturated heterocycles. The molecule has 4 nitrogen and oxygen atoms in total. The van der Waals surface area contributed by atoms with E-state index in [-0.39, 0.29) is 9.92 Å². The maximum absolute atomic E-state index is 12.5. The van der Waals surface area contributed by atoms with Crippen molar-refractivity contribution in [2.45, 2.75) is 18.7 Å². The van der Waals surface area contributed by atoms with Crippen molar-refractivity contribution in [1.82, 2.24) is 0 Å². The van der Waals surface area contributed by atoms with Gasteiger partial charge in [0.05, 0.1) is 20.6 Å². The highest BCUT2D eigenvalue weighted by Gasteiger charge is 2.21. The number of hydrogen-bond acceptors (Lipinski definition) is 3. The topological polar surface area (TPSA) is 72.2 Å². The van der Waals surface area contributed by atoms with E-state index < -0.39 is 10.0 Å². The second-order valence-electron chi connectivity index (χ2n) is 4.66. The fraction of sp³-hybridized carbons (Fsp3) is 0.143. The van der Waals surface area contributed by atoms with Crippen molar-refractivity contribution < 1.29 is 8.42 Å². The van der Waals surface area contributed by atoms with E-state index in [0.717, 1.165) is 0 Å². The molecule has 0 saturated carbocycles. The molecule has 112 valence electrons. The lowest BCUT2D eigenvalue weighted by Crippen LogP contribution is -2.16. The van der Waals surface area contributed by atoms with Crippen LogP contribution in [0.25, 0.3) is 0 Å². The predicted octanol–water partition coefficient (Wildman–Crippen LogP) is 3.99. The van der Waals surface area contributed by atoms with Gasteiger partial charge in [-0.3, -0.25) is 4.72 Å². The van der Waals surface area contributed by atoms with Crippen LogP contribution in [0.2, 0.25) is 10.0 Å². The van der Waals surface area contributed by atoms with Gasteiger partial charge in [0, 0.05) is 5.69 Å². The van der Waals surface area contributed by atoms with Crippen molar-refractivity contribution in [3.05, 3.63) is 51.5 Å². The lowest BCUT2D eigenvalue weighted by molar-refractivity contribution is 0.600. The summed E-state index contributed by atoms with van der Waals surface area (Å²) in [4.78, 5) is 0.175. The Labute approximate surface area is 133 Å². The van der Waals surface area contributed by atoms with Gasteiger partial charge < -0.3 is 5.73 Å². The van der Waals surface area contributed by atoms with Gasteiger partial charge in [0.25, 0.3) is 10.0 Å². The van der Waals surface area contributed by atoms with Gasteiger partial charge >= 0.3 is 0 Å². The lowest BCUT2D eigenvalue weighted by atomic mass is 10.1. The van der Waals surface area contributed by atoms with E-state index in [2.05, 4.69) is 4.72 Å². The quantitative estimate of drug-likeness (QED) is 0.826. The first-order chi connectivity index (χ1) is 9.72. The third-order valence-corrected chi connectivity index (χ3v) is 5.49. The second-order valence-corrected chi connectivity index (χ2v) is 7.09. The molecule has 0 heterocycles. The minimum absolute atomic E-state index is 0.175. The van der Waals surface area contributed by atoms with Gasteiger partial charge in [-0.05, 0) is 49.2 Å². The Hall–Kier alpha value is -1.43. The van der Waals surface area contributed by atoms with Gasteiger partial charge in [0.1, 0.15) is 0 Å². The monoisotopic (exact) mass is 344 g/mol. The summed E-state index contributed by atoms with van der Waals surface area (Å²) >= 11 is 11.7. The molecule has 0 aromatic heterocycles. The molecule has 0 fully saturated rings. The van der Waals surface area contributed by atoms with E-state index in [1.165, 1.54) is 12.1 Å². The standard InChI is InChI=1S/C14H14Cl2N2O2S/c1-8-3-6-13(17)9(2)14(8)21(19,20)18-10-4-5-11(15)12(16)7-10/h3-7,18H,17H2,1-2H3. The number of aryl methyl sites for hydroxylation is 1. The molecule has 2 rings (SSSR count). The SMILES string of the molecule is Cc1ccc(N)c(C)c1S(=O)(=O)Nc1ccc(Cl)c(Cl)c1. The van der Waals surface area contributed by atoms with E-state index in [4.69, 9.17) is 28.9 Å². The largest absolute Gasteiger partial charge is 0.398 e. The number of nitrogen functional groups attached to an aromatic ring is 1. The summed E-state index contributed by atoms with van der Waals surface area (Å²) in [6.07, 6.45) is 0. The van der Waals surface area contributed by atoms with Gasteiger partial charge in [-0.25, -0.2) is 8.42 Å². The summed E-state index contributed by atoms with van der Waals surface area (Å²) in [6.45, 7) is 3.39. The summed E-state index contributed by atoms with van der Waals surface area (Å²) in [7, 11) is -3.76. The normalized spacial score (nSPS) is 11.4. The van der Waals surface area contributed by atoms with Crippen LogP contribution >= 0.6 is 23.2 Å². The van der Waals surface area contributed by atoms with Crippen LogP contribution in [0, 0.1) is 13.8 Å². The Bertz CT molecular complexity index is 805. The molecule has 0 spiro atoms. The van der Waals surface area contributed by atoms with Gasteiger partial charge in [-0.1, -0.05) is 29.3 Å². The molecule has 3 N–H and O–H groups in total. The minimum atomic E-state index is -3.76. The molecule has 0 aliphatic carbocycles. The number of sulfonamides is 1. The van der Waals surface area contributed by atoms with Crippen LogP contribution < -0.4 is 10.5 Å². The number of nitrogens with one attached hydrogen (secondary N) is 1. The Morgan fingerprint density at radius 3 is 2.33 bits per heavy atom. The minimum Gasteiger partial charge on any atom is -0.398 e. The number of rotatable bonds is 3. The first-order valence-corrected chi connectivity index (χ1v) is 8.30. The Morgan fingerprint density at radius 2 is 1.71 bits per heavy atom. The van der Waals surface area contributed by atoms with Crippen LogP contribution in [0.3, 0.4) is 0 Å². The van der Waals surface area contributed by atoms with Crippen LogP contribution in [-0.2, 0) is 10.0 Å². The van der Waals surface area contributed by atoms with Crippen LogP contribution in [-0.4, -0.2) is 8.42 Å². The summed E-state index contributed by atoms with van der Waals surface area (Å²) < 4.78 is 27.6. The van der Waals surface area contributed by atoms with Crippen molar-refractivity contribution in [2.24, 2.45) is 0 Å². The van der Waals surface area contributed by atoms with E-state index in [9.17, 15) is 8.42 Å². The van der Waals surface area contributed by atoms with E-state index in [0.29, 0.717) is 27.5 Å². The summed E-state index contributed by atoms with van der Waals surface area (Å²) in [6, 6.07) is 7.89. The van der Waals surface area contributed by atoms with E-state index >= 15 is 0 Å².